The maximum absolute atomic E-state index is 11.4. The highest BCUT2D eigenvalue weighted by Gasteiger charge is 2.18. The van der Waals surface area contributed by atoms with Crippen LogP contribution in [0.4, 0.5) is 0 Å². The topological polar surface area (TPSA) is 59.4 Å². The number of rotatable bonds is 4. The molecule has 1 aromatic carbocycles. The molecule has 0 bridgehead atoms. The highest BCUT2D eigenvalue weighted by molar-refractivity contribution is 5.91. The van der Waals surface area contributed by atoms with Gasteiger partial charge in [0.15, 0.2) is 0 Å². The van der Waals surface area contributed by atoms with Crippen LogP contribution in [0.5, 0.6) is 11.6 Å². The predicted molar refractivity (Wildman–Crippen MR) is 81.3 cm³/mol. The van der Waals surface area contributed by atoms with Gasteiger partial charge in [-0.3, -0.25) is 0 Å². The van der Waals surface area contributed by atoms with Gasteiger partial charge in [-0.1, -0.05) is 26.0 Å². The maximum atomic E-state index is 11.4. The van der Waals surface area contributed by atoms with Crippen LogP contribution in [0.15, 0.2) is 30.5 Å². The first-order valence-electron chi connectivity index (χ1n) is 6.87. The van der Waals surface area contributed by atoms with E-state index < -0.39 is 5.97 Å². The maximum Gasteiger partial charge on any atom is 0.341 e. The van der Waals surface area contributed by atoms with Gasteiger partial charge in [0, 0.05) is 6.20 Å². The molecule has 0 fully saturated rings. The Bertz CT molecular complexity index is 678. The number of hydrogen-bond donors (Lipinski definition) is 1. The molecule has 0 aliphatic rings. The highest BCUT2D eigenvalue weighted by atomic mass is 16.5. The number of nitrogens with zero attached hydrogens (tertiary/aromatic N) is 1. The van der Waals surface area contributed by atoms with Gasteiger partial charge in [-0.25, -0.2) is 9.78 Å². The number of pyridine rings is 1. The van der Waals surface area contributed by atoms with E-state index in [1.807, 2.05) is 25.1 Å². The van der Waals surface area contributed by atoms with E-state index in [1.54, 1.807) is 19.2 Å². The molecule has 1 N–H and O–H groups in total. The minimum Gasteiger partial charge on any atom is -0.477 e. The quantitative estimate of drug-likeness (QED) is 0.909. The molecule has 0 aliphatic carbocycles. The van der Waals surface area contributed by atoms with Crippen molar-refractivity contribution in [1.29, 1.82) is 0 Å². The first-order chi connectivity index (χ1) is 9.90. The Balaban J connectivity index is 2.50. The van der Waals surface area contributed by atoms with Crippen LogP contribution in [0.1, 0.15) is 46.8 Å². The Morgan fingerprint density at radius 1 is 1.24 bits per heavy atom. The first kappa shape index (κ1) is 15.0. The number of hydrogen-bond acceptors (Lipinski definition) is 3. The number of ether oxygens (including phenoxy) is 1. The van der Waals surface area contributed by atoms with E-state index in [-0.39, 0.29) is 17.4 Å². The van der Waals surface area contributed by atoms with E-state index in [1.165, 1.54) is 0 Å². The predicted octanol–water partition coefficient (Wildman–Crippen LogP) is 4.31. The summed E-state index contributed by atoms with van der Waals surface area (Å²) in [5.41, 5.74) is 2.82. The number of aromatic carboxylic acids is 1. The summed E-state index contributed by atoms with van der Waals surface area (Å²) in [6.45, 7) is 7.84. The zero-order valence-electron chi connectivity index (χ0n) is 12.7. The van der Waals surface area contributed by atoms with Gasteiger partial charge in [0.2, 0.25) is 5.88 Å². The summed E-state index contributed by atoms with van der Waals surface area (Å²) in [5.74, 6) is 0.0358. The van der Waals surface area contributed by atoms with Crippen molar-refractivity contribution >= 4 is 5.97 Å². The average molecular weight is 285 g/mol. The normalized spacial score (nSPS) is 10.7. The van der Waals surface area contributed by atoms with E-state index in [0.29, 0.717) is 11.3 Å². The third kappa shape index (κ3) is 3.21. The molecule has 2 rings (SSSR count). The van der Waals surface area contributed by atoms with E-state index in [0.717, 1.165) is 11.1 Å². The third-order valence-corrected chi connectivity index (χ3v) is 3.34. The lowest BCUT2D eigenvalue weighted by Gasteiger charge is -2.15. The van der Waals surface area contributed by atoms with Gasteiger partial charge < -0.3 is 9.84 Å². The number of carboxylic acid groups (broad SMARTS) is 1. The second-order valence-corrected chi connectivity index (χ2v) is 5.41. The van der Waals surface area contributed by atoms with E-state index in [2.05, 4.69) is 18.8 Å². The molecule has 0 spiro atoms. The molecular weight excluding hydrogens is 266 g/mol. The molecule has 1 heterocycles. The number of aryl methyl sites for hydroxylation is 2. The van der Waals surface area contributed by atoms with Gasteiger partial charge in [0.25, 0.3) is 0 Å². The van der Waals surface area contributed by atoms with Gasteiger partial charge in [-0.15, -0.1) is 0 Å². The second-order valence-electron chi connectivity index (χ2n) is 5.41. The molecule has 2 aromatic rings. The van der Waals surface area contributed by atoms with Crippen LogP contribution in [-0.4, -0.2) is 16.1 Å². The molecule has 21 heavy (non-hydrogen) atoms. The van der Waals surface area contributed by atoms with Crippen molar-refractivity contribution in [1.82, 2.24) is 4.98 Å². The Morgan fingerprint density at radius 2 is 1.95 bits per heavy atom. The summed E-state index contributed by atoms with van der Waals surface area (Å²) in [5, 5.41) is 9.34. The SMILES string of the molecule is Cc1ccc(C(C)C)c(Oc2nccc(C)c2C(=O)O)c1. The number of aromatic nitrogens is 1. The Morgan fingerprint density at radius 3 is 2.57 bits per heavy atom. The molecule has 0 unspecified atom stereocenters. The van der Waals surface area contributed by atoms with Gasteiger partial charge in [-0.2, -0.15) is 0 Å². The molecule has 4 nitrogen and oxygen atoms in total. The fraction of sp³-hybridized carbons (Fsp3) is 0.294. The Kier molecular flexibility index (Phi) is 4.26. The van der Waals surface area contributed by atoms with Crippen molar-refractivity contribution in [3.05, 3.63) is 52.7 Å². The van der Waals surface area contributed by atoms with Crippen molar-refractivity contribution in [2.24, 2.45) is 0 Å². The van der Waals surface area contributed by atoms with Crippen LogP contribution in [0.2, 0.25) is 0 Å². The average Bonchev–Trinajstić information content (AvgIpc) is 2.37. The fourth-order valence-electron chi connectivity index (χ4n) is 2.18. The van der Waals surface area contributed by atoms with Crippen molar-refractivity contribution in [2.75, 3.05) is 0 Å². The lowest BCUT2D eigenvalue weighted by Crippen LogP contribution is -2.05. The molecule has 110 valence electrons. The zero-order valence-corrected chi connectivity index (χ0v) is 12.7. The molecule has 0 saturated heterocycles. The Hall–Kier alpha value is -2.36. The minimum atomic E-state index is -1.03. The molecule has 0 saturated carbocycles. The summed E-state index contributed by atoms with van der Waals surface area (Å²) >= 11 is 0. The number of carbonyl (C=O) groups is 1. The third-order valence-electron chi connectivity index (χ3n) is 3.34. The first-order valence-corrected chi connectivity index (χ1v) is 6.87. The van der Waals surface area contributed by atoms with Gasteiger partial charge in [-0.05, 0) is 48.6 Å². The molecule has 0 radical (unpaired) electrons. The monoisotopic (exact) mass is 285 g/mol. The van der Waals surface area contributed by atoms with Crippen LogP contribution in [0, 0.1) is 13.8 Å². The number of benzene rings is 1. The lowest BCUT2D eigenvalue weighted by atomic mass is 10.0. The van der Waals surface area contributed by atoms with Crippen molar-refractivity contribution < 1.29 is 14.6 Å². The zero-order chi connectivity index (χ0) is 15.6. The highest BCUT2D eigenvalue weighted by Crippen LogP contribution is 2.32. The molecule has 4 heteroatoms. The molecule has 1 aromatic heterocycles. The van der Waals surface area contributed by atoms with Crippen LogP contribution in [0.3, 0.4) is 0 Å². The minimum absolute atomic E-state index is 0.105. The summed E-state index contributed by atoms with van der Waals surface area (Å²) in [6.07, 6.45) is 1.56. The largest absolute Gasteiger partial charge is 0.477 e. The van der Waals surface area contributed by atoms with Crippen LogP contribution < -0.4 is 4.74 Å². The smallest absolute Gasteiger partial charge is 0.341 e. The van der Waals surface area contributed by atoms with E-state index in [9.17, 15) is 9.90 Å². The van der Waals surface area contributed by atoms with Crippen LogP contribution >= 0.6 is 0 Å². The fourth-order valence-corrected chi connectivity index (χ4v) is 2.18. The van der Waals surface area contributed by atoms with Gasteiger partial charge in [0.1, 0.15) is 11.3 Å². The standard InChI is InChI=1S/C17H19NO3/c1-10(2)13-6-5-11(3)9-14(13)21-16-15(17(19)20)12(4)7-8-18-16/h5-10H,1-4H3,(H,19,20). The lowest BCUT2D eigenvalue weighted by molar-refractivity contribution is 0.0692. The number of carboxylic acids is 1. The van der Waals surface area contributed by atoms with Crippen molar-refractivity contribution in [2.45, 2.75) is 33.6 Å². The van der Waals surface area contributed by atoms with Gasteiger partial charge in [0.05, 0.1) is 0 Å². The molecule has 0 atom stereocenters. The molecule has 0 amide bonds. The van der Waals surface area contributed by atoms with Crippen LogP contribution in [0.25, 0.3) is 0 Å². The summed E-state index contributed by atoms with van der Waals surface area (Å²) in [7, 11) is 0. The molecule has 0 aliphatic heterocycles. The summed E-state index contributed by atoms with van der Waals surface area (Å²) in [4.78, 5) is 15.5. The van der Waals surface area contributed by atoms with Crippen LogP contribution in [-0.2, 0) is 0 Å². The Labute approximate surface area is 124 Å². The van der Waals surface area contributed by atoms with Crippen molar-refractivity contribution in [3.63, 3.8) is 0 Å². The summed E-state index contributed by atoms with van der Waals surface area (Å²) < 4.78 is 5.83. The van der Waals surface area contributed by atoms with E-state index in [4.69, 9.17) is 4.74 Å². The van der Waals surface area contributed by atoms with Crippen molar-refractivity contribution in [3.8, 4) is 11.6 Å². The van der Waals surface area contributed by atoms with Gasteiger partial charge >= 0.3 is 5.97 Å². The second kappa shape index (κ2) is 5.95. The summed E-state index contributed by atoms with van der Waals surface area (Å²) in [6, 6.07) is 7.59. The molecular formula is C17H19NO3. The van der Waals surface area contributed by atoms with E-state index >= 15 is 0 Å².